The number of rotatable bonds is 13. The highest BCUT2D eigenvalue weighted by Crippen LogP contribution is 2.61. The molecule has 27 heteroatoms. The van der Waals surface area contributed by atoms with E-state index in [1.807, 2.05) is 0 Å². The number of pyridine rings is 1. The number of aliphatic hydroxyl groups excluding tert-OH is 3. The summed E-state index contributed by atoms with van der Waals surface area (Å²) in [4.78, 5) is 62.2. The zero-order valence-electron chi connectivity index (χ0n) is 23.9. The Morgan fingerprint density at radius 1 is 0.958 bits per heavy atom. The first-order valence-corrected chi connectivity index (χ1v) is 17.9. The van der Waals surface area contributed by atoms with Crippen LogP contribution in [-0.4, -0.2) is 110 Å². The first-order chi connectivity index (χ1) is 22.4. The van der Waals surface area contributed by atoms with Crippen LogP contribution in [0.15, 0.2) is 37.2 Å². The summed E-state index contributed by atoms with van der Waals surface area (Å²) in [6, 6.07) is 2.79. The number of nitrogens with zero attached hydrogens (tertiary/aromatic N) is 5. The van der Waals surface area contributed by atoms with Crippen molar-refractivity contribution < 1.29 is 85.3 Å². The summed E-state index contributed by atoms with van der Waals surface area (Å²) in [6.45, 7) is -2.03. The number of imidazole rings is 1. The molecule has 0 radical (unpaired) electrons. The number of phosphoric ester groups is 3. The number of anilines is 1. The number of nitrogens with two attached hydrogens (primary N) is 2. The first kappa shape index (κ1) is 36.4. The van der Waals surface area contributed by atoms with Crippen LogP contribution in [0.1, 0.15) is 22.8 Å². The van der Waals surface area contributed by atoms with E-state index >= 15 is 0 Å². The van der Waals surface area contributed by atoms with Gasteiger partial charge in [-0.05, 0) is 6.07 Å². The Morgan fingerprint density at radius 3 is 2.23 bits per heavy atom. The Kier molecular flexibility index (Phi) is 10.5. The molecule has 2 aliphatic heterocycles. The van der Waals surface area contributed by atoms with Crippen LogP contribution in [0.4, 0.5) is 5.82 Å². The summed E-state index contributed by atoms with van der Waals surface area (Å²) in [6.07, 6.45) is -8.39. The molecule has 0 saturated carbocycles. The minimum absolute atomic E-state index is 0.00286. The van der Waals surface area contributed by atoms with Crippen molar-refractivity contribution >= 4 is 46.4 Å². The second kappa shape index (κ2) is 13.8. The van der Waals surface area contributed by atoms with Crippen molar-refractivity contribution in [3.63, 3.8) is 0 Å². The summed E-state index contributed by atoms with van der Waals surface area (Å²) in [5.41, 5.74) is 11.1. The van der Waals surface area contributed by atoms with Crippen LogP contribution in [0, 0.1) is 0 Å². The van der Waals surface area contributed by atoms with Gasteiger partial charge in [0.2, 0.25) is 0 Å². The first-order valence-electron chi connectivity index (χ1n) is 13.3. The van der Waals surface area contributed by atoms with Gasteiger partial charge in [-0.25, -0.2) is 28.6 Å². The van der Waals surface area contributed by atoms with Crippen molar-refractivity contribution in [3.8, 4) is 0 Å². The van der Waals surface area contributed by atoms with E-state index in [4.69, 9.17) is 30.0 Å². The van der Waals surface area contributed by atoms with E-state index in [1.165, 1.54) is 29.1 Å². The average molecular weight is 754 g/mol. The van der Waals surface area contributed by atoms with Gasteiger partial charge in [-0.3, -0.25) is 22.9 Å². The van der Waals surface area contributed by atoms with Gasteiger partial charge in [0.15, 0.2) is 36.2 Å². The molecule has 5 rings (SSSR count). The van der Waals surface area contributed by atoms with Gasteiger partial charge in [0.05, 0.1) is 19.5 Å². The molecule has 0 spiro atoms. The number of carbonyl (C=O) groups is 1. The minimum Gasteiger partial charge on any atom is -0.387 e. The number of aromatic nitrogens is 5. The second-order valence-corrected chi connectivity index (χ2v) is 14.5. The molecule has 2 unspecified atom stereocenters. The molecule has 2 fully saturated rings. The molecular weight excluding hydrogens is 725 g/mol. The highest BCUT2D eigenvalue weighted by atomic mass is 31.3. The highest BCUT2D eigenvalue weighted by Gasteiger charge is 2.51. The Morgan fingerprint density at radius 2 is 1.60 bits per heavy atom. The Labute approximate surface area is 267 Å². The number of amides is 1. The van der Waals surface area contributed by atoms with Crippen molar-refractivity contribution in [1.82, 2.24) is 19.5 Å². The summed E-state index contributed by atoms with van der Waals surface area (Å²) in [7, 11) is -16.3. The Hall–Kier alpha value is -2.86. The third kappa shape index (κ3) is 8.12. The van der Waals surface area contributed by atoms with Crippen LogP contribution in [-0.2, 0) is 41.1 Å². The lowest BCUT2D eigenvalue weighted by molar-refractivity contribution is -0.765. The maximum atomic E-state index is 12.6. The van der Waals surface area contributed by atoms with E-state index < -0.39 is 91.7 Å². The van der Waals surface area contributed by atoms with Gasteiger partial charge in [-0.2, -0.15) is 8.88 Å². The van der Waals surface area contributed by atoms with Crippen LogP contribution in [0.25, 0.3) is 11.2 Å². The van der Waals surface area contributed by atoms with Gasteiger partial charge in [0.1, 0.15) is 47.9 Å². The number of primary amides is 1. The molecule has 0 aromatic carbocycles. The lowest BCUT2D eigenvalue weighted by atomic mass is 10.1. The molecule has 24 nitrogen and oxygen atoms in total. The van der Waals surface area contributed by atoms with Crippen molar-refractivity contribution in [2.45, 2.75) is 49.1 Å². The van der Waals surface area contributed by atoms with E-state index in [-0.39, 0.29) is 22.5 Å². The average Bonchev–Trinajstić information content (AvgIpc) is 3.64. The van der Waals surface area contributed by atoms with Gasteiger partial charge in [0, 0.05) is 6.07 Å². The zero-order valence-corrected chi connectivity index (χ0v) is 26.6. The van der Waals surface area contributed by atoms with Crippen LogP contribution >= 0.6 is 23.5 Å². The molecule has 11 N–H and O–H groups in total. The predicted octanol–water partition coefficient (Wildman–Crippen LogP) is -2.90. The summed E-state index contributed by atoms with van der Waals surface area (Å²) < 4.78 is 68.4. The summed E-state index contributed by atoms with van der Waals surface area (Å²) in [5.74, 6) is -0.848. The van der Waals surface area contributed by atoms with Crippen LogP contribution in [0.2, 0.25) is 0 Å². The molecule has 2 aliphatic rings. The topological polar surface area (TPSA) is 365 Å². The molecule has 48 heavy (non-hydrogen) atoms. The van der Waals surface area contributed by atoms with Gasteiger partial charge < -0.3 is 55.8 Å². The lowest BCUT2D eigenvalue weighted by Gasteiger charge is -2.22. The van der Waals surface area contributed by atoms with E-state index in [9.17, 15) is 53.4 Å². The molecule has 2 saturated heterocycles. The fourth-order valence-electron chi connectivity index (χ4n) is 4.83. The highest BCUT2D eigenvalue weighted by molar-refractivity contribution is 7.61. The maximum Gasteiger partial charge on any atom is 0.481 e. The molecule has 0 bridgehead atoms. The third-order valence-electron chi connectivity index (χ3n) is 6.98. The van der Waals surface area contributed by atoms with Crippen LogP contribution in [0.5, 0.6) is 0 Å². The second-order valence-electron chi connectivity index (χ2n) is 10.3. The SMILES string of the molecule is NC(=O)c1ccc[n+]([C@@H]2O[C@H](COP(=O)(O)OP(=O)(O)O[13CH2][13C@H]3O[13C@@H](n4[13cH]n[13c]5[13c](N)n[13cH]n[13c]54)[13C@H](OP(=O)(O)O)[13C@@H]3O)[C@@H](O)[C@H]2O)c1. The fourth-order valence-corrected chi connectivity index (χ4v) is 7.47. The third-order valence-corrected chi connectivity index (χ3v) is 10.1. The van der Waals surface area contributed by atoms with E-state index in [2.05, 4.69) is 23.8 Å². The van der Waals surface area contributed by atoms with E-state index in [1.54, 1.807) is 0 Å². The van der Waals surface area contributed by atoms with Crippen molar-refractivity contribution in [2.75, 3.05) is 18.9 Å². The van der Waals surface area contributed by atoms with Gasteiger partial charge >= 0.3 is 23.5 Å². The number of ether oxygens (including phenoxy) is 2. The Bertz CT molecular complexity index is 1810. The zero-order chi connectivity index (χ0) is 35.2. The largest absolute Gasteiger partial charge is 0.481 e. The summed E-state index contributed by atoms with van der Waals surface area (Å²) >= 11 is 0. The summed E-state index contributed by atoms with van der Waals surface area (Å²) in [5, 5.41) is 31.5. The lowest BCUT2D eigenvalue weighted by Crippen LogP contribution is -2.46. The number of hydrogen-bond acceptors (Lipinski definition) is 17. The van der Waals surface area contributed by atoms with Gasteiger partial charge in [-0.15, -0.1) is 0 Å². The maximum absolute atomic E-state index is 12.6. The van der Waals surface area contributed by atoms with Gasteiger partial charge in [-0.1, -0.05) is 0 Å². The number of hydrogen-bond donors (Lipinski definition) is 9. The smallest absolute Gasteiger partial charge is 0.387 e. The normalized spacial score (nSPS) is 30.3. The molecule has 3 aromatic heterocycles. The van der Waals surface area contributed by atoms with Crippen LogP contribution in [0.3, 0.4) is 0 Å². The molecule has 3 aromatic rings. The van der Waals surface area contributed by atoms with Gasteiger partial charge in [0.25, 0.3) is 12.1 Å². The molecule has 5 heterocycles. The number of nitrogen functional groups attached to an aromatic ring is 1. The van der Waals surface area contributed by atoms with E-state index in [0.29, 0.717) is 0 Å². The quantitative estimate of drug-likeness (QED) is 0.0480. The number of carbonyl (C=O) groups excluding carboxylic acids is 1. The van der Waals surface area contributed by atoms with Crippen molar-refractivity contribution in [3.05, 3.63) is 42.7 Å². The predicted molar refractivity (Wildman–Crippen MR) is 150 cm³/mol. The molecule has 264 valence electrons. The number of phosphoric acid groups is 3. The molecular formula is C21H29N7O17P3+. The van der Waals surface area contributed by atoms with Crippen LogP contribution < -0.4 is 16.0 Å². The molecule has 1 amide bonds. The van der Waals surface area contributed by atoms with Crippen molar-refractivity contribution in [2.24, 2.45) is 5.73 Å². The minimum atomic E-state index is -5.52. The monoisotopic (exact) mass is 754 g/mol. The fraction of sp³-hybridized carbons (Fsp3) is 0.476. The van der Waals surface area contributed by atoms with Crippen molar-refractivity contribution in [1.29, 1.82) is 0 Å². The van der Waals surface area contributed by atoms with E-state index in [0.717, 1.165) is 17.2 Å². The number of fused-ring (bicyclic) bond motifs is 1. The molecule has 0 aliphatic carbocycles. The number of aliphatic hydroxyl groups is 3. The Balaban J connectivity index is 1.21. The standard InChI is InChI=1S/C21H28N7O17P3/c22-17-12-19(25-7-24-17)28(8-26-12)21-16(44-46(33,34)35)14(30)11(43-21)6-41-48(38,39)45-47(36,37)40-5-10-13(29)15(31)20(42-10)27-3-1-2-9(4-27)18(23)32/h1-4,7-8,10-11,13-16,20-21,29-31H,5-6H2,(H7-,22,23,24,25,32,33,34,35,36,37,38,39)/p+1/t10-,11-,13-,14-,15-,16-,20-,21-/m1/s1/i6+1,7+1,8+1,11+1,12+1,14+1,16+1,17+1,19+1,21+1. The molecule has 10 atom stereocenters.